The minimum atomic E-state index is -0.119. The van der Waals surface area contributed by atoms with Crippen LogP contribution in [-0.4, -0.2) is 6.04 Å². The first-order valence-corrected chi connectivity index (χ1v) is 8.62. The highest BCUT2D eigenvalue weighted by molar-refractivity contribution is 9.10. The maximum absolute atomic E-state index is 14.0. The SMILES string of the molecule is CCC(NC(C)c1cc(Br)ccc1F)C1CCCCC1. The molecule has 2 rings (SSSR count). The Balaban J connectivity index is 2.04. The minimum absolute atomic E-state index is 0.0550. The van der Waals surface area contributed by atoms with Crippen LogP contribution in [0.1, 0.15) is 64.0 Å². The van der Waals surface area contributed by atoms with E-state index >= 15 is 0 Å². The zero-order valence-electron chi connectivity index (χ0n) is 12.5. The normalized spacial score (nSPS) is 19.8. The lowest BCUT2D eigenvalue weighted by atomic mass is 9.82. The van der Waals surface area contributed by atoms with Crippen molar-refractivity contribution in [3.05, 3.63) is 34.1 Å². The van der Waals surface area contributed by atoms with Crippen LogP contribution in [0, 0.1) is 11.7 Å². The van der Waals surface area contributed by atoms with Gasteiger partial charge in [-0.2, -0.15) is 0 Å². The third-order valence-corrected chi connectivity index (χ3v) is 5.04. The first-order chi connectivity index (χ1) is 9.61. The van der Waals surface area contributed by atoms with Gasteiger partial charge >= 0.3 is 0 Å². The number of nitrogens with one attached hydrogen (secondary N) is 1. The molecule has 0 saturated heterocycles. The fourth-order valence-electron chi connectivity index (χ4n) is 3.38. The van der Waals surface area contributed by atoms with Crippen molar-refractivity contribution < 1.29 is 4.39 Å². The Morgan fingerprint density at radius 2 is 2.00 bits per heavy atom. The smallest absolute Gasteiger partial charge is 0.128 e. The molecule has 0 amide bonds. The van der Waals surface area contributed by atoms with E-state index in [0.29, 0.717) is 6.04 Å². The summed E-state index contributed by atoms with van der Waals surface area (Å²) in [7, 11) is 0. The summed E-state index contributed by atoms with van der Waals surface area (Å²) < 4.78 is 14.9. The lowest BCUT2D eigenvalue weighted by Crippen LogP contribution is -2.38. The molecule has 2 unspecified atom stereocenters. The molecule has 1 aromatic carbocycles. The van der Waals surface area contributed by atoms with Gasteiger partial charge in [0.05, 0.1) is 0 Å². The van der Waals surface area contributed by atoms with Gasteiger partial charge < -0.3 is 5.32 Å². The molecule has 0 radical (unpaired) electrons. The Hall–Kier alpha value is -0.410. The minimum Gasteiger partial charge on any atom is -0.307 e. The van der Waals surface area contributed by atoms with E-state index in [-0.39, 0.29) is 11.9 Å². The molecule has 2 atom stereocenters. The molecule has 0 spiro atoms. The number of hydrogen-bond donors (Lipinski definition) is 1. The van der Waals surface area contributed by atoms with E-state index in [1.165, 1.54) is 32.1 Å². The monoisotopic (exact) mass is 341 g/mol. The van der Waals surface area contributed by atoms with E-state index in [1.807, 2.05) is 6.07 Å². The fourth-order valence-corrected chi connectivity index (χ4v) is 3.76. The predicted octanol–water partition coefficient (Wildman–Crippen LogP) is 5.60. The Morgan fingerprint density at radius 1 is 1.30 bits per heavy atom. The molecule has 1 nitrogen and oxygen atoms in total. The van der Waals surface area contributed by atoms with Gasteiger partial charge in [0.15, 0.2) is 0 Å². The van der Waals surface area contributed by atoms with Gasteiger partial charge in [-0.25, -0.2) is 4.39 Å². The van der Waals surface area contributed by atoms with Crippen LogP contribution in [0.5, 0.6) is 0 Å². The van der Waals surface area contributed by atoms with Gasteiger partial charge in [-0.05, 0) is 50.3 Å². The van der Waals surface area contributed by atoms with Crippen molar-refractivity contribution in [3.63, 3.8) is 0 Å². The Morgan fingerprint density at radius 3 is 2.65 bits per heavy atom. The maximum atomic E-state index is 14.0. The van der Waals surface area contributed by atoms with Crippen LogP contribution < -0.4 is 5.32 Å². The summed E-state index contributed by atoms with van der Waals surface area (Å²) >= 11 is 3.43. The van der Waals surface area contributed by atoms with Crippen molar-refractivity contribution in [2.75, 3.05) is 0 Å². The van der Waals surface area contributed by atoms with Gasteiger partial charge in [0.25, 0.3) is 0 Å². The molecule has 1 saturated carbocycles. The van der Waals surface area contributed by atoms with E-state index in [4.69, 9.17) is 0 Å². The highest BCUT2D eigenvalue weighted by atomic mass is 79.9. The molecule has 112 valence electrons. The molecule has 1 fully saturated rings. The first kappa shape index (κ1) is 16.0. The summed E-state index contributed by atoms with van der Waals surface area (Å²) in [5.41, 5.74) is 0.758. The van der Waals surface area contributed by atoms with Crippen LogP contribution in [0.15, 0.2) is 22.7 Å². The average molecular weight is 342 g/mol. The molecule has 20 heavy (non-hydrogen) atoms. The Bertz CT molecular complexity index is 429. The fraction of sp³-hybridized carbons (Fsp3) is 0.647. The lowest BCUT2D eigenvalue weighted by Gasteiger charge is -2.33. The summed E-state index contributed by atoms with van der Waals surface area (Å²) in [6, 6.07) is 5.74. The van der Waals surface area contributed by atoms with Crippen LogP contribution in [0.25, 0.3) is 0 Å². The van der Waals surface area contributed by atoms with Crippen LogP contribution in [0.3, 0.4) is 0 Å². The van der Waals surface area contributed by atoms with Crippen LogP contribution >= 0.6 is 15.9 Å². The van der Waals surface area contributed by atoms with Crippen LogP contribution in [-0.2, 0) is 0 Å². The Labute approximate surface area is 130 Å². The van der Waals surface area contributed by atoms with Crippen LogP contribution in [0.4, 0.5) is 4.39 Å². The van der Waals surface area contributed by atoms with Crippen molar-refractivity contribution in [2.24, 2.45) is 5.92 Å². The van der Waals surface area contributed by atoms with Gasteiger partial charge in [-0.15, -0.1) is 0 Å². The molecule has 0 bridgehead atoms. The van der Waals surface area contributed by atoms with Crippen molar-refractivity contribution in [2.45, 2.75) is 64.5 Å². The molecule has 1 aliphatic rings. The number of halogens is 2. The van der Waals surface area contributed by atoms with Crippen molar-refractivity contribution >= 4 is 15.9 Å². The quantitative estimate of drug-likeness (QED) is 0.735. The molecular formula is C17H25BrFN. The predicted molar refractivity (Wildman–Crippen MR) is 86.3 cm³/mol. The molecular weight excluding hydrogens is 317 g/mol. The second-order valence-electron chi connectivity index (χ2n) is 5.97. The molecule has 3 heteroatoms. The first-order valence-electron chi connectivity index (χ1n) is 7.82. The molecule has 1 N–H and O–H groups in total. The largest absolute Gasteiger partial charge is 0.307 e. The molecule has 0 aliphatic heterocycles. The van der Waals surface area contributed by atoms with E-state index < -0.39 is 0 Å². The van der Waals surface area contributed by atoms with Gasteiger partial charge in [0.1, 0.15) is 5.82 Å². The summed E-state index contributed by atoms with van der Waals surface area (Å²) in [6.07, 6.45) is 7.83. The van der Waals surface area contributed by atoms with Crippen molar-refractivity contribution in [1.29, 1.82) is 0 Å². The molecule has 0 aromatic heterocycles. The van der Waals surface area contributed by atoms with Gasteiger partial charge in [-0.3, -0.25) is 0 Å². The average Bonchev–Trinajstić information content (AvgIpc) is 2.48. The summed E-state index contributed by atoms with van der Waals surface area (Å²) in [5.74, 6) is 0.637. The zero-order valence-corrected chi connectivity index (χ0v) is 14.0. The third kappa shape index (κ3) is 4.05. The summed E-state index contributed by atoms with van der Waals surface area (Å²) in [5, 5.41) is 3.66. The summed E-state index contributed by atoms with van der Waals surface area (Å²) in [6.45, 7) is 4.30. The lowest BCUT2D eigenvalue weighted by molar-refractivity contribution is 0.248. The number of rotatable bonds is 5. The third-order valence-electron chi connectivity index (χ3n) is 4.55. The topological polar surface area (TPSA) is 12.0 Å². The summed E-state index contributed by atoms with van der Waals surface area (Å²) in [4.78, 5) is 0. The second kappa shape index (κ2) is 7.56. The molecule has 0 heterocycles. The van der Waals surface area contributed by atoms with E-state index in [1.54, 1.807) is 12.1 Å². The van der Waals surface area contributed by atoms with E-state index in [2.05, 4.69) is 35.1 Å². The van der Waals surface area contributed by atoms with Crippen molar-refractivity contribution in [1.82, 2.24) is 5.32 Å². The number of hydrogen-bond acceptors (Lipinski definition) is 1. The Kier molecular flexibility index (Phi) is 6.03. The second-order valence-corrected chi connectivity index (χ2v) is 6.88. The van der Waals surface area contributed by atoms with E-state index in [9.17, 15) is 4.39 Å². The van der Waals surface area contributed by atoms with Gasteiger partial charge in [-0.1, -0.05) is 42.1 Å². The number of benzene rings is 1. The van der Waals surface area contributed by atoms with Crippen molar-refractivity contribution in [3.8, 4) is 0 Å². The molecule has 1 aromatic rings. The zero-order chi connectivity index (χ0) is 14.5. The van der Waals surface area contributed by atoms with Crippen LogP contribution in [0.2, 0.25) is 0 Å². The highest BCUT2D eigenvalue weighted by Gasteiger charge is 2.24. The van der Waals surface area contributed by atoms with Gasteiger partial charge in [0, 0.05) is 22.1 Å². The van der Waals surface area contributed by atoms with Gasteiger partial charge in [0.2, 0.25) is 0 Å². The standard InChI is InChI=1S/C17H25BrFN/c1-3-17(13-7-5-4-6-8-13)20-12(2)15-11-14(18)9-10-16(15)19/h9-13,17,20H,3-8H2,1-2H3. The highest BCUT2D eigenvalue weighted by Crippen LogP contribution is 2.30. The van der Waals surface area contributed by atoms with E-state index in [0.717, 1.165) is 22.4 Å². The maximum Gasteiger partial charge on any atom is 0.128 e. The molecule has 1 aliphatic carbocycles.